The highest BCUT2D eigenvalue weighted by Crippen LogP contribution is 2.22. The van der Waals surface area contributed by atoms with Crippen LogP contribution in [-0.4, -0.2) is 26.8 Å². The van der Waals surface area contributed by atoms with E-state index in [0.29, 0.717) is 0 Å². The molecule has 96 valence electrons. The molecule has 2 N–H and O–H groups in total. The molecule has 0 atom stereocenters. The molecule has 0 aromatic carbocycles. The van der Waals surface area contributed by atoms with Gasteiger partial charge >= 0.3 is 0 Å². The Bertz CT molecular complexity index is 553. The molecule has 0 fully saturated rings. The fourth-order valence-electron chi connectivity index (χ4n) is 1.74. The molecule has 2 aromatic rings. The van der Waals surface area contributed by atoms with E-state index < -0.39 is 0 Å². The SMILES string of the molecule is CNc1nc(C)nc(Nc2cc(C)n(C)n2)c1C. The van der Waals surface area contributed by atoms with Crippen molar-refractivity contribution in [1.29, 1.82) is 0 Å². The molecule has 0 bridgehead atoms. The van der Waals surface area contributed by atoms with Gasteiger partial charge in [0.05, 0.1) is 0 Å². The summed E-state index contributed by atoms with van der Waals surface area (Å²) in [6.45, 7) is 5.85. The van der Waals surface area contributed by atoms with Gasteiger partial charge in [-0.3, -0.25) is 4.68 Å². The molecule has 2 aromatic heterocycles. The van der Waals surface area contributed by atoms with Gasteiger partial charge in [-0.05, 0) is 20.8 Å². The van der Waals surface area contributed by atoms with Gasteiger partial charge in [-0.2, -0.15) is 5.10 Å². The van der Waals surface area contributed by atoms with Crippen molar-refractivity contribution in [2.24, 2.45) is 7.05 Å². The van der Waals surface area contributed by atoms with Gasteiger partial charge in [0.2, 0.25) is 0 Å². The normalized spacial score (nSPS) is 10.5. The smallest absolute Gasteiger partial charge is 0.153 e. The van der Waals surface area contributed by atoms with E-state index in [1.165, 1.54) is 0 Å². The third-order valence-corrected chi connectivity index (χ3v) is 2.85. The molecular weight excluding hydrogens is 228 g/mol. The second kappa shape index (κ2) is 4.64. The minimum atomic E-state index is 0.722. The summed E-state index contributed by atoms with van der Waals surface area (Å²) in [5.41, 5.74) is 2.07. The van der Waals surface area contributed by atoms with Crippen LogP contribution in [0.2, 0.25) is 0 Å². The first-order chi connectivity index (χ1) is 8.51. The lowest BCUT2D eigenvalue weighted by Crippen LogP contribution is -2.05. The molecular formula is C12H18N6. The second-order valence-electron chi connectivity index (χ2n) is 4.26. The molecule has 2 heterocycles. The van der Waals surface area contributed by atoms with Crippen LogP contribution in [0, 0.1) is 20.8 Å². The van der Waals surface area contributed by atoms with Crippen molar-refractivity contribution in [1.82, 2.24) is 19.7 Å². The van der Waals surface area contributed by atoms with Gasteiger partial charge in [0.15, 0.2) is 5.82 Å². The second-order valence-corrected chi connectivity index (χ2v) is 4.26. The highest BCUT2D eigenvalue weighted by atomic mass is 15.3. The number of aromatic nitrogens is 4. The Morgan fingerprint density at radius 1 is 1.11 bits per heavy atom. The molecule has 0 radical (unpaired) electrons. The van der Waals surface area contributed by atoms with Crippen molar-refractivity contribution >= 4 is 17.5 Å². The number of hydrogen-bond donors (Lipinski definition) is 2. The lowest BCUT2D eigenvalue weighted by molar-refractivity contribution is 0.743. The fraction of sp³-hybridized carbons (Fsp3) is 0.417. The van der Waals surface area contributed by atoms with Gasteiger partial charge in [-0.25, -0.2) is 9.97 Å². The molecule has 0 saturated carbocycles. The molecule has 6 nitrogen and oxygen atoms in total. The average Bonchev–Trinajstić information content (AvgIpc) is 2.62. The average molecular weight is 246 g/mol. The minimum Gasteiger partial charge on any atom is -0.373 e. The van der Waals surface area contributed by atoms with E-state index in [2.05, 4.69) is 25.7 Å². The van der Waals surface area contributed by atoms with Gasteiger partial charge in [-0.15, -0.1) is 0 Å². The van der Waals surface area contributed by atoms with Crippen molar-refractivity contribution in [3.63, 3.8) is 0 Å². The first-order valence-corrected chi connectivity index (χ1v) is 5.82. The van der Waals surface area contributed by atoms with E-state index in [4.69, 9.17) is 0 Å². The zero-order valence-corrected chi connectivity index (χ0v) is 11.4. The predicted molar refractivity (Wildman–Crippen MR) is 72.3 cm³/mol. The van der Waals surface area contributed by atoms with Crippen LogP contribution < -0.4 is 10.6 Å². The first-order valence-electron chi connectivity index (χ1n) is 5.82. The van der Waals surface area contributed by atoms with Crippen LogP contribution in [0.5, 0.6) is 0 Å². The lowest BCUT2D eigenvalue weighted by Gasteiger charge is -2.10. The van der Waals surface area contributed by atoms with E-state index in [1.54, 1.807) is 0 Å². The van der Waals surface area contributed by atoms with Crippen LogP contribution in [0.1, 0.15) is 17.1 Å². The van der Waals surface area contributed by atoms with E-state index in [9.17, 15) is 0 Å². The van der Waals surface area contributed by atoms with Gasteiger partial charge < -0.3 is 10.6 Å². The van der Waals surface area contributed by atoms with Crippen molar-refractivity contribution in [2.75, 3.05) is 17.7 Å². The van der Waals surface area contributed by atoms with E-state index >= 15 is 0 Å². The maximum atomic E-state index is 4.40. The Hall–Kier alpha value is -2.11. The molecule has 2 rings (SSSR count). The van der Waals surface area contributed by atoms with E-state index in [1.807, 2.05) is 45.6 Å². The number of hydrogen-bond acceptors (Lipinski definition) is 5. The van der Waals surface area contributed by atoms with Gasteiger partial charge in [0, 0.05) is 31.4 Å². The first kappa shape index (κ1) is 12.3. The van der Waals surface area contributed by atoms with Crippen molar-refractivity contribution in [3.05, 3.63) is 23.1 Å². The minimum absolute atomic E-state index is 0.722. The maximum absolute atomic E-state index is 4.40. The number of aryl methyl sites for hydroxylation is 3. The van der Waals surface area contributed by atoms with Crippen molar-refractivity contribution in [2.45, 2.75) is 20.8 Å². The zero-order chi connectivity index (χ0) is 13.3. The van der Waals surface area contributed by atoms with Crippen LogP contribution in [0.15, 0.2) is 6.07 Å². The summed E-state index contributed by atoms with van der Waals surface area (Å²) >= 11 is 0. The summed E-state index contributed by atoms with van der Waals surface area (Å²) in [7, 11) is 3.76. The summed E-state index contributed by atoms with van der Waals surface area (Å²) < 4.78 is 1.82. The Labute approximate surface area is 106 Å². The summed E-state index contributed by atoms with van der Waals surface area (Å²) in [5, 5.41) is 10.6. The van der Waals surface area contributed by atoms with Gasteiger partial charge in [-0.1, -0.05) is 0 Å². The highest BCUT2D eigenvalue weighted by Gasteiger charge is 2.10. The summed E-state index contributed by atoms with van der Waals surface area (Å²) in [6, 6.07) is 1.98. The molecule has 0 unspecified atom stereocenters. The van der Waals surface area contributed by atoms with Crippen LogP contribution in [-0.2, 0) is 7.05 Å². The highest BCUT2D eigenvalue weighted by molar-refractivity contribution is 5.62. The lowest BCUT2D eigenvalue weighted by atomic mass is 10.3. The van der Waals surface area contributed by atoms with Crippen molar-refractivity contribution < 1.29 is 0 Å². The fourth-order valence-corrected chi connectivity index (χ4v) is 1.74. The molecule has 6 heteroatoms. The Morgan fingerprint density at radius 3 is 2.33 bits per heavy atom. The molecule has 0 amide bonds. The van der Waals surface area contributed by atoms with E-state index in [-0.39, 0.29) is 0 Å². The molecule has 0 saturated heterocycles. The van der Waals surface area contributed by atoms with Crippen LogP contribution in [0.4, 0.5) is 17.5 Å². The number of anilines is 3. The van der Waals surface area contributed by atoms with Gasteiger partial charge in [0.25, 0.3) is 0 Å². The number of nitrogens with zero attached hydrogens (tertiary/aromatic N) is 4. The Kier molecular flexibility index (Phi) is 3.18. The quantitative estimate of drug-likeness (QED) is 0.866. The summed E-state index contributed by atoms with van der Waals surface area (Å²) in [4.78, 5) is 8.73. The Balaban J connectivity index is 2.36. The zero-order valence-electron chi connectivity index (χ0n) is 11.4. The topological polar surface area (TPSA) is 67.7 Å². The van der Waals surface area contributed by atoms with Crippen LogP contribution >= 0.6 is 0 Å². The van der Waals surface area contributed by atoms with Gasteiger partial charge in [0.1, 0.15) is 17.5 Å². The standard InChI is InChI=1S/C12H18N6/c1-7-6-10(17-18(7)5)16-12-8(2)11(13-4)14-9(3)15-12/h6H,1-5H3,(H2,13,14,15,16,17). The summed E-state index contributed by atoms with van der Waals surface area (Å²) in [5.74, 6) is 3.13. The van der Waals surface area contributed by atoms with Crippen LogP contribution in [0.25, 0.3) is 0 Å². The maximum Gasteiger partial charge on any atom is 0.153 e. The molecule has 0 spiro atoms. The molecule has 0 aliphatic heterocycles. The molecule has 0 aliphatic carbocycles. The Morgan fingerprint density at radius 2 is 1.78 bits per heavy atom. The van der Waals surface area contributed by atoms with Crippen molar-refractivity contribution in [3.8, 4) is 0 Å². The molecule has 18 heavy (non-hydrogen) atoms. The van der Waals surface area contributed by atoms with Crippen LogP contribution in [0.3, 0.4) is 0 Å². The summed E-state index contributed by atoms with van der Waals surface area (Å²) in [6.07, 6.45) is 0. The number of rotatable bonds is 3. The molecule has 0 aliphatic rings. The predicted octanol–water partition coefficient (Wildman–Crippen LogP) is 1.92. The monoisotopic (exact) mass is 246 g/mol. The third-order valence-electron chi connectivity index (χ3n) is 2.85. The van der Waals surface area contributed by atoms with E-state index in [0.717, 1.165) is 34.5 Å². The third kappa shape index (κ3) is 2.27. The largest absolute Gasteiger partial charge is 0.373 e. The number of nitrogens with one attached hydrogen (secondary N) is 2.